The average molecular weight is 228 g/mol. The molecule has 0 heterocycles. The Morgan fingerprint density at radius 3 is 2.19 bits per heavy atom. The smallest absolute Gasteiger partial charge is 0.203 e. The van der Waals surface area contributed by atoms with Gasteiger partial charge in [0.15, 0.2) is 11.5 Å². The summed E-state index contributed by atoms with van der Waals surface area (Å²) in [6, 6.07) is 5.22. The van der Waals surface area contributed by atoms with Gasteiger partial charge in [0.1, 0.15) is 12.7 Å². The molecule has 0 amide bonds. The predicted octanol–water partition coefficient (Wildman–Crippen LogP) is 0.436. The van der Waals surface area contributed by atoms with E-state index in [9.17, 15) is 5.11 Å². The summed E-state index contributed by atoms with van der Waals surface area (Å²) < 4.78 is 15.6. The highest BCUT2D eigenvalue weighted by molar-refractivity contribution is 5.51. The second kappa shape index (κ2) is 6.19. The Bertz CT molecular complexity index is 304. The zero-order valence-electron chi connectivity index (χ0n) is 9.34. The van der Waals surface area contributed by atoms with E-state index >= 15 is 0 Å². The molecule has 0 radical (unpaired) electrons. The van der Waals surface area contributed by atoms with Gasteiger partial charge in [-0.05, 0) is 12.1 Å². The third-order valence-corrected chi connectivity index (χ3v) is 2.01. The van der Waals surface area contributed by atoms with E-state index in [4.69, 9.17) is 19.3 Å². The van der Waals surface area contributed by atoms with E-state index in [1.54, 1.807) is 18.2 Å². The highest BCUT2D eigenvalue weighted by Crippen LogP contribution is 2.36. The Labute approximate surface area is 94.2 Å². The molecule has 16 heavy (non-hydrogen) atoms. The number of para-hydroxylation sites is 1. The van der Waals surface area contributed by atoms with Crippen molar-refractivity contribution in [2.75, 3.05) is 27.4 Å². The number of aliphatic hydroxyl groups excluding tert-OH is 2. The number of hydrogen-bond acceptors (Lipinski definition) is 5. The molecule has 0 spiro atoms. The fraction of sp³-hybridized carbons (Fsp3) is 0.455. The second-order valence-corrected chi connectivity index (χ2v) is 3.14. The first-order valence-electron chi connectivity index (χ1n) is 4.85. The minimum absolute atomic E-state index is 0.0206. The van der Waals surface area contributed by atoms with Crippen LogP contribution in [0.5, 0.6) is 17.2 Å². The topological polar surface area (TPSA) is 68.2 Å². The first kappa shape index (κ1) is 12.6. The molecule has 5 nitrogen and oxygen atoms in total. The molecule has 1 rings (SSSR count). The van der Waals surface area contributed by atoms with Gasteiger partial charge < -0.3 is 24.4 Å². The van der Waals surface area contributed by atoms with Gasteiger partial charge in [-0.15, -0.1) is 0 Å². The van der Waals surface area contributed by atoms with Gasteiger partial charge in [-0.25, -0.2) is 0 Å². The molecule has 0 fully saturated rings. The molecule has 0 aliphatic rings. The Kier molecular flexibility index (Phi) is 4.88. The zero-order valence-corrected chi connectivity index (χ0v) is 9.34. The molecule has 0 bridgehead atoms. The molecule has 0 aromatic heterocycles. The molecule has 90 valence electrons. The lowest BCUT2D eigenvalue weighted by molar-refractivity contribution is 0.0518. The number of aliphatic hydroxyl groups is 2. The van der Waals surface area contributed by atoms with Crippen molar-refractivity contribution in [1.82, 2.24) is 0 Å². The largest absolute Gasteiger partial charge is 0.493 e. The molecule has 5 heteroatoms. The number of hydrogen-bond donors (Lipinski definition) is 2. The van der Waals surface area contributed by atoms with Crippen LogP contribution in [0, 0.1) is 0 Å². The first-order valence-corrected chi connectivity index (χ1v) is 4.85. The van der Waals surface area contributed by atoms with Gasteiger partial charge in [-0.1, -0.05) is 6.07 Å². The zero-order chi connectivity index (χ0) is 12.0. The van der Waals surface area contributed by atoms with E-state index in [0.717, 1.165) is 0 Å². The molecule has 1 atom stereocenters. The molecular formula is C11H16O5. The van der Waals surface area contributed by atoms with Crippen LogP contribution in [-0.2, 0) is 0 Å². The maximum absolute atomic E-state index is 9.19. The number of methoxy groups -OCH3 is 2. The van der Waals surface area contributed by atoms with Crippen LogP contribution in [0.4, 0.5) is 0 Å². The van der Waals surface area contributed by atoms with E-state index in [0.29, 0.717) is 17.2 Å². The average Bonchev–Trinajstić information content (AvgIpc) is 2.35. The third-order valence-electron chi connectivity index (χ3n) is 2.01. The normalized spacial score (nSPS) is 12.0. The molecule has 0 aliphatic carbocycles. The summed E-state index contributed by atoms with van der Waals surface area (Å²) in [5.74, 6) is 1.45. The predicted molar refractivity (Wildman–Crippen MR) is 58.1 cm³/mol. The molecule has 1 aromatic carbocycles. The lowest BCUT2D eigenvalue weighted by atomic mass is 10.3. The fourth-order valence-corrected chi connectivity index (χ4v) is 1.19. The van der Waals surface area contributed by atoms with Crippen molar-refractivity contribution in [1.29, 1.82) is 0 Å². The van der Waals surface area contributed by atoms with Gasteiger partial charge in [-0.3, -0.25) is 0 Å². The molecule has 1 unspecified atom stereocenters. The van der Waals surface area contributed by atoms with E-state index in [1.807, 2.05) is 0 Å². The van der Waals surface area contributed by atoms with Crippen molar-refractivity contribution in [3.05, 3.63) is 18.2 Å². The van der Waals surface area contributed by atoms with Crippen molar-refractivity contribution in [2.24, 2.45) is 0 Å². The van der Waals surface area contributed by atoms with E-state index in [1.165, 1.54) is 14.2 Å². The number of benzene rings is 1. The van der Waals surface area contributed by atoms with Crippen molar-refractivity contribution < 1.29 is 24.4 Å². The monoisotopic (exact) mass is 228 g/mol. The Morgan fingerprint density at radius 1 is 1.19 bits per heavy atom. The molecule has 0 saturated carbocycles. The summed E-state index contributed by atoms with van der Waals surface area (Å²) >= 11 is 0. The molecular weight excluding hydrogens is 212 g/mol. The van der Waals surface area contributed by atoms with Crippen molar-refractivity contribution in [3.8, 4) is 17.2 Å². The SMILES string of the molecule is COc1cccc(OC)c1OCC(O)CO. The summed E-state index contributed by atoms with van der Waals surface area (Å²) in [5.41, 5.74) is 0. The van der Waals surface area contributed by atoms with Gasteiger partial charge in [0.2, 0.25) is 5.75 Å². The minimum atomic E-state index is -0.922. The van der Waals surface area contributed by atoms with Gasteiger partial charge in [0, 0.05) is 0 Å². The molecule has 2 N–H and O–H groups in total. The third kappa shape index (κ3) is 3.01. The lowest BCUT2D eigenvalue weighted by Gasteiger charge is -2.15. The van der Waals surface area contributed by atoms with Crippen LogP contribution < -0.4 is 14.2 Å². The highest BCUT2D eigenvalue weighted by Gasteiger charge is 2.12. The van der Waals surface area contributed by atoms with Gasteiger partial charge in [-0.2, -0.15) is 0 Å². The van der Waals surface area contributed by atoms with Gasteiger partial charge in [0.05, 0.1) is 20.8 Å². The van der Waals surface area contributed by atoms with E-state index in [2.05, 4.69) is 0 Å². The quantitative estimate of drug-likeness (QED) is 0.739. The summed E-state index contributed by atoms with van der Waals surface area (Å²) in [6.45, 7) is -0.370. The van der Waals surface area contributed by atoms with Crippen LogP contribution in [0.2, 0.25) is 0 Å². The van der Waals surface area contributed by atoms with Crippen molar-refractivity contribution >= 4 is 0 Å². The Morgan fingerprint density at radius 2 is 1.75 bits per heavy atom. The Hall–Kier alpha value is -1.46. The van der Waals surface area contributed by atoms with Crippen molar-refractivity contribution in [3.63, 3.8) is 0 Å². The lowest BCUT2D eigenvalue weighted by Crippen LogP contribution is -2.21. The standard InChI is InChI=1S/C11H16O5/c1-14-9-4-3-5-10(15-2)11(9)16-7-8(13)6-12/h3-5,8,12-13H,6-7H2,1-2H3. The minimum Gasteiger partial charge on any atom is -0.493 e. The summed E-state index contributed by atoms with van der Waals surface area (Å²) in [4.78, 5) is 0. The maximum Gasteiger partial charge on any atom is 0.203 e. The summed E-state index contributed by atoms with van der Waals surface area (Å²) in [5, 5.41) is 17.9. The first-order chi connectivity index (χ1) is 7.72. The highest BCUT2D eigenvalue weighted by atomic mass is 16.5. The second-order valence-electron chi connectivity index (χ2n) is 3.14. The summed E-state index contributed by atoms with van der Waals surface area (Å²) in [7, 11) is 3.04. The number of ether oxygens (including phenoxy) is 3. The van der Waals surface area contributed by atoms with Gasteiger partial charge >= 0.3 is 0 Å². The van der Waals surface area contributed by atoms with Crippen LogP contribution in [-0.4, -0.2) is 43.8 Å². The molecule has 0 saturated heterocycles. The molecule has 1 aromatic rings. The van der Waals surface area contributed by atoms with Gasteiger partial charge in [0.25, 0.3) is 0 Å². The van der Waals surface area contributed by atoms with E-state index < -0.39 is 6.10 Å². The van der Waals surface area contributed by atoms with Crippen LogP contribution in [0.3, 0.4) is 0 Å². The van der Waals surface area contributed by atoms with E-state index in [-0.39, 0.29) is 13.2 Å². The van der Waals surface area contributed by atoms with Crippen LogP contribution >= 0.6 is 0 Å². The Balaban J connectivity index is 2.82. The fourth-order valence-electron chi connectivity index (χ4n) is 1.19. The van der Waals surface area contributed by atoms with Crippen LogP contribution in [0.1, 0.15) is 0 Å². The van der Waals surface area contributed by atoms with Crippen LogP contribution in [0.15, 0.2) is 18.2 Å². The molecule has 0 aliphatic heterocycles. The van der Waals surface area contributed by atoms with Crippen LogP contribution in [0.25, 0.3) is 0 Å². The van der Waals surface area contributed by atoms with Crippen molar-refractivity contribution in [2.45, 2.75) is 6.10 Å². The summed E-state index contributed by atoms with van der Waals surface area (Å²) in [6.07, 6.45) is -0.922. The maximum atomic E-state index is 9.19. The number of rotatable bonds is 6.